The highest BCUT2D eigenvalue weighted by molar-refractivity contribution is 6.37. The Morgan fingerprint density at radius 1 is 0.923 bits per heavy atom. The van der Waals surface area contributed by atoms with Crippen LogP contribution in [-0.2, 0) is 0 Å². The molecule has 64 valence electrons. The van der Waals surface area contributed by atoms with Crippen LogP contribution in [0, 0.1) is 0 Å². The molecule has 13 heavy (non-hydrogen) atoms. The average molecular weight is 213 g/mol. The first-order valence-electron chi connectivity index (χ1n) is 3.59. The van der Waals surface area contributed by atoms with Gasteiger partial charge in [0.15, 0.2) is 0 Å². The van der Waals surface area contributed by atoms with Crippen molar-refractivity contribution in [1.82, 2.24) is 10.2 Å². The van der Waals surface area contributed by atoms with E-state index in [4.69, 9.17) is 27.6 Å². The number of hydrogen-bond donors (Lipinski definition) is 0. The Morgan fingerprint density at radius 3 is 1.85 bits per heavy atom. The van der Waals surface area contributed by atoms with Gasteiger partial charge in [0.2, 0.25) is 11.8 Å². The molecule has 0 saturated carbocycles. The molecule has 1 aromatic carbocycles. The molecular weight excluding hydrogens is 211 g/mol. The highest BCUT2D eigenvalue weighted by Gasteiger charge is 2.22. The summed E-state index contributed by atoms with van der Waals surface area (Å²) in [5, 5.41) is 8.81. The maximum atomic E-state index is 5.96. The lowest BCUT2D eigenvalue weighted by Crippen LogP contribution is -1.85. The molecule has 0 unspecified atom stereocenters. The molecule has 2 aliphatic heterocycles. The summed E-state index contributed by atoms with van der Waals surface area (Å²) < 4.78 is 5.30. The third-order valence-corrected chi connectivity index (χ3v) is 2.57. The van der Waals surface area contributed by atoms with Crippen molar-refractivity contribution in [2.75, 3.05) is 0 Å². The van der Waals surface area contributed by atoms with Crippen LogP contribution < -0.4 is 0 Å². The lowest BCUT2D eigenvalue weighted by atomic mass is 10.1. The van der Waals surface area contributed by atoms with E-state index < -0.39 is 0 Å². The Labute approximate surface area is 83.3 Å². The Morgan fingerprint density at radius 2 is 1.38 bits per heavy atom. The molecule has 1 aromatic heterocycles. The minimum Gasteiger partial charge on any atom is -0.416 e. The number of hydrogen-bond acceptors (Lipinski definition) is 3. The van der Waals surface area contributed by atoms with Crippen molar-refractivity contribution in [2.45, 2.75) is 0 Å². The maximum absolute atomic E-state index is 5.96. The summed E-state index contributed by atoms with van der Waals surface area (Å²) in [6.07, 6.45) is 0. The van der Waals surface area contributed by atoms with Crippen LogP contribution in [0.1, 0.15) is 0 Å². The molecule has 0 spiro atoms. The summed E-state index contributed by atoms with van der Waals surface area (Å²) in [6, 6.07) is 3.47. The predicted molar refractivity (Wildman–Crippen MR) is 48.7 cm³/mol. The Bertz CT molecular complexity index is 463. The SMILES string of the molecule is Clc1cc2c(Cl)cc1-c1nnc-2o1. The largest absolute Gasteiger partial charge is 0.416 e. The summed E-state index contributed by atoms with van der Waals surface area (Å²) in [5.41, 5.74) is 1.37. The van der Waals surface area contributed by atoms with Gasteiger partial charge in [-0.25, -0.2) is 0 Å². The van der Waals surface area contributed by atoms with Crippen LogP contribution in [0.5, 0.6) is 0 Å². The van der Waals surface area contributed by atoms with Gasteiger partial charge in [0.25, 0.3) is 0 Å². The zero-order valence-electron chi connectivity index (χ0n) is 6.21. The second kappa shape index (κ2) is 2.25. The Hall–Kier alpha value is -1.06. The molecule has 0 atom stereocenters. The summed E-state index contributed by atoms with van der Waals surface area (Å²) in [5.74, 6) is 0.837. The number of fused-ring (bicyclic) bond motifs is 2. The standard InChI is InChI=1S/C8H2Cl2N2O/c9-5-1-3-6(10)2-4(5)8-12-11-7(3)13-8/h1-2H. The topological polar surface area (TPSA) is 38.9 Å². The highest BCUT2D eigenvalue weighted by Crippen LogP contribution is 2.40. The monoisotopic (exact) mass is 212 g/mol. The molecular formula is C8H2Cl2N2O. The smallest absolute Gasteiger partial charge is 0.249 e. The van der Waals surface area contributed by atoms with Crippen LogP contribution in [0.3, 0.4) is 0 Å². The Kier molecular flexibility index (Phi) is 1.27. The van der Waals surface area contributed by atoms with Gasteiger partial charge in [-0.05, 0) is 12.1 Å². The number of rotatable bonds is 0. The summed E-state index contributed by atoms with van der Waals surface area (Å²) in [4.78, 5) is 0. The van der Waals surface area contributed by atoms with Crippen LogP contribution >= 0.6 is 23.2 Å². The van der Waals surface area contributed by atoms with E-state index in [2.05, 4.69) is 10.2 Å². The molecule has 0 fully saturated rings. The van der Waals surface area contributed by atoms with Gasteiger partial charge in [-0.3, -0.25) is 0 Å². The normalized spacial score (nSPS) is 11.8. The van der Waals surface area contributed by atoms with E-state index in [1.807, 2.05) is 0 Å². The number of halogens is 2. The maximum Gasteiger partial charge on any atom is 0.249 e. The van der Waals surface area contributed by atoms with Crippen molar-refractivity contribution in [3.8, 4) is 22.9 Å². The van der Waals surface area contributed by atoms with Gasteiger partial charge in [0, 0.05) is 0 Å². The van der Waals surface area contributed by atoms with Crippen molar-refractivity contribution < 1.29 is 4.42 Å². The molecule has 0 N–H and O–H groups in total. The zero-order chi connectivity index (χ0) is 9.00. The van der Waals surface area contributed by atoms with E-state index in [1.54, 1.807) is 12.1 Å². The van der Waals surface area contributed by atoms with E-state index in [0.29, 0.717) is 33.0 Å². The third kappa shape index (κ3) is 0.857. The molecule has 4 rings (SSSR count). The fraction of sp³-hybridized carbons (Fsp3) is 0. The highest BCUT2D eigenvalue weighted by atomic mass is 35.5. The summed E-state index contributed by atoms with van der Waals surface area (Å²) in [6.45, 7) is 0. The van der Waals surface area contributed by atoms with Gasteiger partial charge in [0.05, 0.1) is 21.2 Å². The molecule has 0 aliphatic carbocycles. The fourth-order valence-corrected chi connectivity index (χ4v) is 1.80. The van der Waals surface area contributed by atoms with E-state index in [0.717, 1.165) is 0 Å². The van der Waals surface area contributed by atoms with Gasteiger partial charge < -0.3 is 4.42 Å². The Balaban J connectivity index is 2.54. The molecule has 3 heterocycles. The third-order valence-electron chi connectivity index (χ3n) is 1.94. The first-order chi connectivity index (χ1) is 6.25. The number of nitrogens with zero attached hydrogens (tertiary/aromatic N) is 2. The van der Waals surface area contributed by atoms with Crippen LogP contribution in [0.4, 0.5) is 0 Å². The lowest BCUT2D eigenvalue weighted by Gasteiger charge is -2.00. The first-order valence-corrected chi connectivity index (χ1v) is 4.34. The molecule has 0 amide bonds. The second-order valence-electron chi connectivity index (χ2n) is 2.72. The summed E-state index contributed by atoms with van der Waals surface area (Å²) in [7, 11) is 0. The van der Waals surface area contributed by atoms with Crippen LogP contribution in [-0.4, -0.2) is 10.2 Å². The van der Waals surface area contributed by atoms with Crippen molar-refractivity contribution in [2.24, 2.45) is 0 Å². The second-order valence-corrected chi connectivity index (χ2v) is 3.54. The van der Waals surface area contributed by atoms with Crippen LogP contribution in [0.15, 0.2) is 16.5 Å². The van der Waals surface area contributed by atoms with E-state index in [1.165, 1.54) is 0 Å². The first kappa shape index (κ1) is 7.35. The van der Waals surface area contributed by atoms with E-state index in [9.17, 15) is 0 Å². The van der Waals surface area contributed by atoms with Crippen molar-refractivity contribution in [3.05, 3.63) is 22.2 Å². The summed E-state index contributed by atoms with van der Waals surface area (Å²) >= 11 is 11.9. The number of aromatic nitrogens is 2. The van der Waals surface area contributed by atoms with Crippen LogP contribution in [0.25, 0.3) is 22.9 Å². The fourth-order valence-electron chi connectivity index (χ4n) is 1.32. The predicted octanol–water partition coefficient (Wildman–Crippen LogP) is 3.02. The average Bonchev–Trinajstić information content (AvgIpc) is 2.47. The van der Waals surface area contributed by atoms with Gasteiger partial charge in [-0.1, -0.05) is 23.2 Å². The van der Waals surface area contributed by atoms with Crippen molar-refractivity contribution >= 4 is 23.2 Å². The lowest BCUT2D eigenvalue weighted by molar-refractivity contribution is 0.587. The molecule has 3 nitrogen and oxygen atoms in total. The number of benzene rings is 1. The van der Waals surface area contributed by atoms with Gasteiger partial charge in [-0.15, -0.1) is 10.2 Å². The van der Waals surface area contributed by atoms with Gasteiger partial charge in [-0.2, -0.15) is 0 Å². The zero-order valence-corrected chi connectivity index (χ0v) is 7.73. The minimum absolute atomic E-state index is 0.418. The molecule has 0 radical (unpaired) electrons. The van der Waals surface area contributed by atoms with Gasteiger partial charge in [0.1, 0.15) is 0 Å². The van der Waals surface area contributed by atoms with E-state index in [-0.39, 0.29) is 0 Å². The van der Waals surface area contributed by atoms with E-state index >= 15 is 0 Å². The van der Waals surface area contributed by atoms with Crippen LogP contribution in [0.2, 0.25) is 10.0 Å². The quantitative estimate of drug-likeness (QED) is 0.576. The molecule has 5 heteroatoms. The minimum atomic E-state index is 0.418. The van der Waals surface area contributed by atoms with Gasteiger partial charge >= 0.3 is 0 Å². The molecule has 4 bridgehead atoms. The molecule has 2 aromatic rings. The molecule has 0 saturated heterocycles. The molecule has 2 aliphatic rings. The van der Waals surface area contributed by atoms with Crippen molar-refractivity contribution in [1.29, 1.82) is 0 Å². The van der Waals surface area contributed by atoms with Crippen molar-refractivity contribution in [3.63, 3.8) is 0 Å².